The van der Waals surface area contributed by atoms with Crippen LogP contribution in [-0.4, -0.2) is 0 Å². The van der Waals surface area contributed by atoms with Crippen LogP contribution in [0.3, 0.4) is 0 Å². The molecule has 0 amide bonds. The van der Waals surface area contributed by atoms with Crippen molar-refractivity contribution < 1.29 is 0 Å². The topological polar surface area (TPSA) is 0 Å². The number of hydrogen-bond acceptors (Lipinski definition) is 0. The monoisotopic (exact) mass is 414 g/mol. The molecule has 1 atom stereocenters. The van der Waals surface area contributed by atoms with Crippen molar-refractivity contribution in [3.05, 3.63) is 118 Å². The highest BCUT2D eigenvalue weighted by atomic mass is 14.3. The van der Waals surface area contributed by atoms with Crippen LogP contribution in [0.2, 0.25) is 0 Å². The molecule has 1 saturated carbocycles. The maximum atomic E-state index is 2.49. The number of benzene rings is 4. The lowest BCUT2D eigenvalue weighted by Crippen LogP contribution is -2.11. The highest BCUT2D eigenvalue weighted by Gasteiger charge is 2.31. The summed E-state index contributed by atoms with van der Waals surface area (Å²) in [5, 5.41) is 2.86. The summed E-state index contributed by atoms with van der Waals surface area (Å²) < 4.78 is 0. The maximum absolute atomic E-state index is 2.49. The molecule has 2 aliphatic rings. The van der Waals surface area contributed by atoms with Crippen molar-refractivity contribution in [3.63, 3.8) is 0 Å². The first-order valence-corrected chi connectivity index (χ1v) is 12.2. The third-order valence-electron chi connectivity index (χ3n) is 7.76. The Balaban J connectivity index is 1.60. The van der Waals surface area contributed by atoms with Gasteiger partial charge in [0.05, 0.1) is 0 Å². The van der Waals surface area contributed by atoms with E-state index in [1.807, 2.05) is 0 Å². The van der Waals surface area contributed by atoms with Gasteiger partial charge >= 0.3 is 0 Å². The van der Waals surface area contributed by atoms with E-state index in [0.717, 1.165) is 0 Å². The molecule has 0 heteroatoms. The molecule has 32 heavy (non-hydrogen) atoms. The molecule has 0 aliphatic heterocycles. The Morgan fingerprint density at radius 2 is 1.41 bits per heavy atom. The van der Waals surface area contributed by atoms with E-state index in [-0.39, 0.29) is 0 Å². The van der Waals surface area contributed by atoms with Crippen LogP contribution in [0, 0.1) is 6.92 Å². The van der Waals surface area contributed by atoms with Gasteiger partial charge in [0.25, 0.3) is 0 Å². The predicted molar refractivity (Wildman–Crippen MR) is 137 cm³/mol. The second-order valence-electron chi connectivity index (χ2n) is 9.59. The summed E-state index contributed by atoms with van der Waals surface area (Å²) in [6.07, 6.45) is 9.20. The lowest BCUT2D eigenvalue weighted by molar-refractivity contribution is 0.444. The first-order valence-electron chi connectivity index (χ1n) is 12.2. The molecular weight excluding hydrogens is 384 g/mol. The van der Waals surface area contributed by atoms with Crippen molar-refractivity contribution >= 4 is 22.4 Å². The summed E-state index contributed by atoms with van der Waals surface area (Å²) in [4.78, 5) is 0. The molecule has 0 N–H and O–H groups in total. The van der Waals surface area contributed by atoms with Gasteiger partial charge in [-0.25, -0.2) is 0 Å². The van der Waals surface area contributed by atoms with Crippen molar-refractivity contribution in [2.45, 2.75) is 50.9 Å². The number of allylic oxidation sites excluding steroid dienone is 1. The van der Waals surface area contributed by atoms with Gasteiger partial charge in [-0.1, -0.05) is 98.1 Å². The third kappa shape index (κ3) is 3.21. The molecule has 0 heterocycles. The van der Waals surface area contributed by atoms with Crippen LogP contribution in [-0.2, 0) is 0 Å². The zero-order chi connectivity index (χ0) is 21.5. The van der Waals surface area contributed by atoms with Crippen molar-refractivity contribution in [2.24, 2.45) is 0 Å². The van der Waals surface area contributed by atoms with Crippen molar-refractivity contribution in [1.29, 1.82) is 0 Å². The fraction of sp³-hybridized carbons (Fsp3) is 0.250. The van der Waals surface area contributed by atoms with Gasteiger partial charge in [-0.05, 0) is 87.6 Å². The summed E-state index contributed by atoms with van der Waals surface area (Å²) in [5.74, 6) is 0.981. The molecule has 1 unspecified atom stereocenters. The third-order valence-corrected chi connectivity index (χ3v) is 7.76. The fourth-order valence-electron chi connectivity index (χ4n) is 6.26. The Bertz CT molecular complexity index is 1300. The smallest absolute Gasteiger partial charge is 0.0355 e. The molecule has 0 aromatic heterocycles. The molecule has 4 aromatic rings. The first-order chi connectivity index (χ1) is 15.8. The molecule has 6 rings (SSSR count). The van der Waals surface area contributed by atoms with Gasteiger partial charge in [0.15, 0.2) is 0 Å². The van der Waals surface area contributed by atoms with Crippen LogP contribution in [0.1, 0.15) is 77.3 Å². The Labute approximate surface area is 191 Å². The van der Waals surface area contributed by atoms with Crippen molar-refractivity contribution in [2.75, 3.05) is 0 Å². The quantitative estimate of drug-likeness (QED) is 0.314. The molecule has 0 saturated heterocycles. The zero-order valence-electron chi connectivity index (χ0n) is 18.9. The van der Waals surface area contributed by atoms with Gasteiger partial charge in [-0.2, -0.15) is 0 Å². The molecule has 2 aliphatic carbocycles. The minimum absolute atomic E-state index is 0.292. The van der Waals surface area contributed by atoms with Gasteiger partial charge in [-0.15, -0.1) is 0 Å². The Hall–Kier alpha value is -3.12. The van der Waals surface area contributed by atoms with Crippen molar-refractivity contribution in [3.8, 4) is 0 Å². The molecule has 4 aromatic carbocycles. The van der Waals surface area contributed by atoms with Crippen LogP contribution in [0.4, 0.5) is 0 Å². The van der Waals surface area contributed by atoms with E-state index in [1.165, 1.54) is 76.3 Å². The lowest BCUT2D eigenvalue weighted by Gasteiger charge is -2.29. The lowest BCUT2D eigenvalue weighted by atomic mass is 9.75. The number of hydrogen-bond donors (Lipinski definition) is 0. The van der Waals surface area contributed by atoms with Gasteiger partial charge in [0.2, 0.25) is 0 Å². The molecule has 0 nitrogen and oxygen atoms in total. The number of rotatable bonds is 3. The van der Waals surface area contributed by atoms with Crippen molar-refractivity contribution in [1.82, 2.24) is 0 Å². The van der Waals surface area contributed by atoms with Crippen LogP contribution in [0.25, 0.3) is 22.4 Å². The van der Waals surface area contributed by atoms with E-state index in [2.05, 4.69) is 97.9 Å². The summed E-state index contributed by atoms with van der Waals surface area (Å²) >= 11 is 0. The molecule has 1 fully saturated rings. The van der Waals surface area contributed by atoms with Gasteiger partial charge in [0, 0.05) is 5.92 Å². The van der Waals surface area contributed by atoms with Gasteiger partial charge < -0.3 is 0 Å². The SMILES string of the molecule is Cc1c(C2C(c3ccccc3)=Cc3ccccc32)cc2ccccc2c1C1CCCCC1. The Morgan fingerprint density at radius 3 is 2.25 bits per heavy atom. The minimum Gasteiger partial charge on any atom is -0.0622 e. The molecule has 0 spiro atoms. The first kappa shape index (κ1) is 19.6. The van der Waals surface area contributed by atoms with E-state index in [4.69, 9.17) is 0 Å². The summed E-state index contributed by atoms with van der Waals surface area (Å²) in [6.45, 7) is 2.40. The van der Waals surface area contributed by atoms with Crippen LogP contribution in [0.15, 0.2) is 84.9 Å². The van der Waals surface area contributed by atoms with E-state index in [9.17, 15) is 0 Å². The Kier molecular flexibility index (Phi) is 4.95. The van der Waals surface area contributed by atoms with E-state index in [0.29, 0.717) is 11.8 Å². The van der Waals surface area contributed by atoms with E-state index in [1.54, 1.807) is 5.56 Å². The van der Waals surface area contributed by atoms with Crippen LogP contribution < -0.4 is 0 Å². The maximum Gasteiger partial charge on any atom is 0.0355 e. The standard InChI is InChI=1S/C32H30/c1-22-29(20-25-16-8-10-18-27(25)31(22)24-14-6-3-7-15-24)32-28-19-11-9-17-26(28)21-30(32)23-12-4-2-5-13-23/h2,4-5,8-13,16-21,24,32H,3,6-7,14-15H2,1H3. The van der Waals surface area contributed by atoms with E-state index >= 15 is 0 Å². The Morgan fingerprint density at radius 1 is 0.688 bits per heavy atom. The predicted octanol–water partition coefficient (Wildman–Crippen LogP) is 8.88. The summed E-state index contributed by atoms with van der Waals surface area (Å²) in [7, 11) is 0. The highest BCUT2D eigenvalue weighted by Crippen LogP contribution is 2.49. The average Bonchev–Trinajstić information content (AvgIpc) is 3.24. The normalized spacial score (nSPS) is 18.5. The zero-order valence-corrected chi connectivity index (χ0v) is 18.9. The van der Waals surface area contributed by atoms with Crippen LogP contribution >= 0.6 is 0 Å². The van der Waals surface area contributed by atoms with E-state index < -0.39 is 0 Å². The van der Waals surface area contributed by atoms with Crippen LogP contribution in [0.5, 0.6) is 0 Å². The van der Waals surface area contributed by atoms with Gasteiger partial charge in [0.1, 0.15) is 0 Å². The molecular formula is C32H30. The molecule has 0 bridgehead atoms. The second kappa shape index (κ2) is 8.10. The second-order valence-corrected chi connectivity index (χ2v) is 9.59. The molecule has 158 valence electrons. The summed E-state index contributed by atoms with van der Waals surface area (Å²) in [5.41, 5.74) is 10.2. The minimum atomic E-state index is 0.292. The highest BCUT2D eigenvalue weighted by molar-refractivity contribution is 5.96. The molecule has 0 radical (unpaired) electrons. The van der Waals surface area contributed by atoms with Gasteiger partial charge in [-0.3, -0.25) is 0 Å². The number of fused-ring (bicyclic) bond motifs is 2. The fourth-order valence-corrected chi connectivity index (χ4v) is 6.26. The largest absolute Gasteiger partial charge is 0.0622 e. The average molecular weight is 415 g/mol. The summed E-state index contributed by atoms with van der Waals surface area (Å²) in [6, 6.07) is 31.5.